The summed E-state index contributed by atoms with van der Waals surface area (Å²) in [5, 5.41) is 12.2. The van der Waals surface area contributed by atoms with Crippen LogP contribution in [0, 0.1) is 19.8 Å². The fourth-order valence-corrected chi connectivity index (χ4v) is 4.34. The molecule has 26 heavy (non-hydrogen) atoms. The topological polar surface area (TPSA) is 59.8 Å². The molecule has 1 unspecified atom stereocenters. The van der Waals surface area contributed by atoms with Gasteiger partial charge in [0, 0.05) is 12.2 Å². The smallest absolute Gasteiger partial charge is 0.233 e. The maximum atomic E-state index is 12.5. The van der Waals surface area contributed by atoms with Gasteiger partial charge in [0.1, 0.15) is 5.82 Å². The number of thioether (sulfide) groups is 1. The van der Waals surface area contributed by atoms with E-state index < -0.39 is 0 Å². The van der Waals surface area contributed by atoms with E-state index in [1.54, 1.807) is 0 Å². The molecule has 1 fully saturated rings. The highest BCUT2D eigenvalue weighted by atomic mass is 32.2. The summed E-state index contributed by atoms with van der Waals surface area (Å²) in [5.74, 6) is 1.55. The predicted octanol–water partition coefficient (Wildman–Crippen LogP) is 4.06. The van der Waals surface area contributed by atoms with Gasteiger partial charge in [-0.15, -0.1) is 10.2 Å². The molecule has 3 rings (SSSR count). The maximum Gasteiger partial charge on any atom is 0.233 e. The average molecular weight is 373 g/mol. The van der Waals surface area contributed by atoms with Gasteiger partial charge in [0.15, 0.2) is 5.16 Å². The number of rotatable bonds is 6. The van der Waals surface area contributed by atoms with Crippen LogP contribution in [0.1, 0.15) is 50.4 Å². The first-order valence-electron chi connectivity index (χ1n) is 9.48. The molecule has 1 aliphatic rings. The molecule has 0 aliphatic heterocycles. The summed E-state index contributed by atoms with van der Waals surface area (Å²) >= 11 is 1.46. The molecule has 1 atom stereocenters. The summed E-state index contributed by atoms with van der Waals surface area (Å²) in [4.78, 5) is 12.5. The van der Waals surface area contributed by atoms with Crippen LogP contribution < -0.4 is 5.32 Å². The lowest BCUT2D eigenvalue weighted by molar-refractivity contribution is -0.120. The number of amides is 1. The first-order chi connectivity index (χ1) is 12.5. The first kappa shape index (κ1) is 19.0. The minimum absolute atomic E-state index is 0.0803. The molecule has 1 saturated carbocycles. The number of hydrogen-bond acceptors (Lipinski definition) is 4. The lowest BCUT2D eigenvalue weighted by atomic mass is 9.89. The lowest BCUT2D eigenvalue weighted by Gasteiger charge is -2.22. The van der Waals surface area contributed by atoms with E-state index in [9.17, 15) is 4.79 Å². The van der Waals surface area contributed by atoms with Crippen LogP contribution in [-0.2, 0) is 4.79 Å². The number of nitrogens with one attached hydrogen (secondary N) is 1. The lowest BCUT2D eigenvalue weighted by Crippen LogP contribution is -2.35. The van der Waals surface area contributed by atoms with Crippen molar-refractivity contribution in [2.24, 2.45) is 5.92 Å². The number of benzene rings is 1. The van der Waals surface area contributed by atoms with Crippen LogP contribution in [-0.4, -0.2) is 32.5 Å². The molecule has 1 aliphatic carbocycles. The molecule has 140 valence electrons. The molecule has 0 saturated heterocycles. The predicted molar refractivity (Wildman–Crippen MR) is 106 cm³/mol. The number of aromatic nitrogens is 3. The largest absolute Gasteiger partial charge is 0.355 e. The van der Waals surface area contributed by atoms with E-state index in [2.05, 4.69) is 46.7 Å². The van der Waals surface area contributed by atoms with E-state index in [0.29, 0.717) is 5.92 Å². The molecule has 0 radical (unpaired) electrons. The number of carbonyl (C=O) groups excluding carboxylic acids is 1. The SMILES string of the molecule is Cc1ccc(-n2c(C)nnc2SC(C)C(=O)NCC2CCCCC2)cc1. The van der Waals surface area contributed by atoms with Crippen LogP contribution in [0.4, 0.5) is 0 Å². The van der Waals surface area contributed by atoms with Crippen LogP contribution in [0.3, 0.4) is 0 Å². The third kappa shape index (κ3) is 4.67. The van der Waals surface area contributed by atoms with Crippen molar-refractivity contribution in [2.45, 2.75) is 63.3 Å². The van der Waals surface area contributed by atoms with Crippen molar-refractivity contribution in [3.63, 3.8) is 0 Å². The van der Waals surface area contributed by atoms with E-state index in [4.69, 9.17) is 0 Å². The molecule has 1 N–H and O–H groups in total. The Bertz CT molecular complexity index is 735. The Hall–Kier alpha value is -1.82. The highest BCUT2D eigenvalue weighted by Crippen LogP contribution is 2.26. The second-order valence-corrected chi connectivity index (χ2v) is 8.52. The van der Waals surface area contributed by atoms with Gasteiger partial charge in [-0.2, -0.15) is 0 Å². The highest BCUT2D eigenvalue weighted by molar-refractivity contribution is 8.00. The molecular weight excluding hydrogens is 344 g/mol. The highest BCUT2D eigenvalue weighted by Gasteiger charge is 2.21. The summed E-state index contributed by atoms with van der Waals surface area (Å²) in [6, 6.07) is 8.26. The summed E-state index contributed by atoms with van der Waals surface area (Å²) in [6.45, 7) is 6.74. The Morgan fingerprint density at radius 2 is 1.88 bits per heavy atom. The number of hydrogen-bond donors (Lipinski definition) is 1. The van der Waals surface area contributed by atoms with Crippen molar-refractivity contribution >= 4 is 17.7 Å². The van der Waals surface area contributed by atoms with E-state index in [0.717, 1.165) is 23.2 Å². The van der Waals surface area contributed by atoms with E-state index in [1.807, 2.05) is 18.4 Å². The molecule has 1 aromatic heterocycles. The van der Waals surface area contributed by atoms with E-state index >= 15 is 0 Å². The molecule has 1 amide bonds. The average Bonchev–Trinajstić information content (AvgIpc) is 3.01. The van der Waals surface area contributed by atoms with Gasteiger partial charge < -0.3 is 5.32 Å². The molecular formula is C20H28N4OS. The van der Waals surface area contributed by atoms with Crippen molar-refractivity contribution in [2.75, 3.05) is 6.54 Å². The molecule has 1 aromatic carbocycles. The molecule has 1 heterocycles. The monoisotopic (exact) mass is 372 g/mol. The summed E-state index contributed by atoms with van der Waals surface area (Å²) in [6.07, 6.45) is 6.41. The fourth-order valence-electron chi connectivity index (χ4n) is 3.40. The Balaban J connectivity index is 1.63. The van der Waals surface area contributed by atoms with E-state index in [-0.39, 0.29) is 11.2 Å². The van der Waals surface area contributed by atoms with Gasteiger partial charge >= 0.3 is 0 Å². The third-order valence-electron chi connectivity index (χ3n) is 5.03. The Kier molecular flexibility index (Phi) is 6.35. The van der Waals surface area contributed by atoms with Crippen molar-refractivity contribution in [3.8, 4) is 5.69 Å². The van der Waals surface area contributed by atoms with Crippen LogP contribution in [0.25, 0.3) is 5.69 Å². The van der Waals surface area contributed by atoms with Crippen LogP contribution in [0.15, 0.2) is 29.4 Å². The van der Waals surface area contributed by atoms with Crippen LogP contribution >= 0.6 is 11.8 Å². The Morgan fingerprint density at radius 3 is 2.58 bits per heavy atom. The number of carbonyl (C=O) groups is 1. The molecule has 2 aromatic rings. The zero-order valence-corrected chi connectivity index (χ0v) is 16.7. The summed E-state index contributed by atoms with van der Waals surface area (Å²) < 4.78 is 2.01. The summed E-state index contributed by atoms with van der Waals surface area (Å²) in [5.41, 5.74) is 2.24. The van der Waals surface area contributed by atoms with Crippen LogP contribution in [0.5, 0.6) is 0 Å². The molecule has 5 nitrogen and oxygen atoms in total. The quantitative estimate of drug-likeness (QED) is 0.777. The zero-order chi connectivity index (χ0) is 18.5. The van der Waals surface area contributed by atoms with Gasteiger partial charge in [-0.05, 0) is 51.7 Å². The van der Waals surface area contributed by atoms with Crippen molar-refractivity contribution in [1.82, 2.24) is 20.1 Å². The summed E-state index contributed by atoms with van der Waals surface area (Å²) in [7, 11) is 0. The molecule has 6 heteroatoms. The van der Waals surface area contributed by atoms with Gasteiger partial charge in [0.25, 0.3) is 0 Å². The molecule has 0 spiro atoms. The van der Waals surface area contributed by atoms with Crippen molar-refractivity contribution in [3.05, 3.63) is 35.7 Å². The van der Waals surface area contributed by atoms with E-state index in [1.165, 1.54) is 49.4 Å². The third-order valence-corrected chi connectivity index (χ3v) is 6.07. The van der Waals surface area contributed by atoms with Crippen LogP contribution in [0.2, 0.25) is 0 Å². The first-order valence-corrected chi connectivity index (χ1v) is 10.4. The number of nitrogens with zero attached hydrogens (tertiary/aromatic N) is 3. The molecule has 0 bridgehead atoms. The van der Waals surface area contributed by atoms with Crippen molar-refractivity contribution < 1.29 is 4.79 Å². The standard InChI is InChI=1S/C20H28N4OS/c1-14-9-11-18(12-10-14)24-16(3)22-23-20(24)26-15(2)19(25)21-13-17-7-5-4-6-8-17/h9-12,15,17H,4-8,13H2,1-3H3,(H,21,25). The second kappa shape index (κ2) is 8.71. The maximum absolute atomic E-state index is 12.5. The number of aryl methyl sites for hydroxylation is 2. The van der Waals surface area contributed by atoms with Gasteiger partial charge in [-0.1, -0.05) is 48.7 Å². The minimum Gasteiger partial charge on any atom is -0.355 e. The fraction of sp³-hybridized carbons (Fsp3) is 0.550. The second-order valence-electron chi connectivity index (χ2n) is 7.21. The van der Waals surface area contributed by atoms with Gasteiger partial charge in [-0.3, -0.25) is 9.36 Å². The van der Waals surface area contributed by atoms with Crippen molar-refractivity contribution in [1.29, 1.82) is 0 Å². The van der Waals surface area contributed by atoms with Gasteiger partial charge in [0.05, 0.1) is 5.25 Å². The Morgan fingerprint density at radius 1 is 1.19 bits per heavy atom. The van der Waals surface area contributed by atoms with Gasteiger partial charge in [0.2, 0.25) is 5.91 Å². The Labute approximate surface area is 160 Å². The normalized spacial score (nSPS) is 16.4. The zero-order valence-electron chi connectivity index (χ0n) is 15.9. The minimum atomic E-state index is -0.202. The van der Waals surface area contributed by atoms with Gasteiger partial charge in [-0.25, -0.2) is 0 Å².